The minimum Gasteiger partial charge on any atom is -0.454 e. The molecule has 114 valence electrons. The lowest BCUT2D eigenvalue weighted by Gasteiger charge is -2.05. The van der Waals surface area contributed by atoms with Crippen LogP contribution >= 0.6 is 0 Å². The van der Waals surface area contributed by atoms with Crippen molar-refractivity contribution < 1.29 is 19.1 Å². The third-order valence-electron chi connectivity index (χ3n) is 3.41. The van der Waals surface area contributed by atoms with E-state index in [9.17, 15) is 9.59 Å². The first-order valence-corrected chi connectivity index (χ1v) is 7.44. The predicted octanol–water partition coefficient (Wildman–Crippen LogP) is 2.68. The lowest BCUT2D eigenvalue weighted by atomic mass is 10.1. The molecule has 5 heteroatoms. The summed E-state index contributed by atoms with van der Waals surface area (Å²) in [5, 5.41) is 2.67. The van der Waals surface area contributed by atoms with Gasteiger partial charge in [-0.15, -0.1) is 0 Å². The fourth-order valence-electron chi connectivity index (χ4n) is 2.18. The number of nitrogens with one attached hydrogen (secondary N) is 1. The SMILES string of the molecule is CCCCCCCNC(=O)C(=O)c1ccc2c(c1)OCO2. The smallest absolute Gasteiger partial charge is 0.292 e. The Labute approximate surface area is 124 Å². The van der Waals surface area contributed by atoms with Crippen molar-refractivity contribution in [3.63, 3.8) is 0 Å². The molecule has 0 bridgehead atoms. The molecule has 0 unspecified atom stereocenters. The van der Waals surface area contributed by atoms with Gasteiger partial charge in [-0.3, -0.25) is 9.59 Å². The van der Waals surface area contributed by atoms with Crippen molar-refractivity contribution in [2.75, 3.05) is 13.3 Å². The molecule has 1 aromatic rings. The van der Waals surface area contributed by atoms with Gasteiger partial charge in [0, 0.05) is 12.1 Å². The molecule has 0 saturated heterocycles. The number of Topliss-reactive ketones (excluding diaryl/α,β-unsaturated/α-hetero) is 1. The quantitative estimate of drug-likeness (QED) is 0.454. The molecular formula is C16H21NO4. The van der Waals surface area contributed by atoms with E-state index in [0.717, 1.165) is 12.8 Å². The summed E-state index contributed by atoms with van der Waals surface area (Å²) in [7, 11) is 0. The largest absolute Gasteiger partial charge is 0.454 e. The van der Waals surface area contributed by atoms with Crippen LogP contribution in [0.15, 0.2) is 18.2 Å². The number of rotatable bonds is 8. The maximum atomic E-state index is 12.0. The molecule has 1 aromatic carbocycles. The first-order chi connectivity index (χ1) is 10.2. The molecule has 1 aliphatic rings. The number of ether oxygens (including phenoxy) is 2. The molecule has 1 amide bonds. The van der Waals surface area contributed by atoms with Gasteiger partial charge in [-0.2, -0.15) is 0 Å². The normalized spacial score (nSPS) is 12.2. The molecule has 2 rings (SSSR count). The van der Waals surface area contributed by atoms with Crippen molar-refractivity contribution in [1.29, 1.82) is 0 Å². The van der Waals surface area contributed by atoms with Crippen molar-refractivity contribution in [3.05, 3.63) is 23.8 Å². The summed E-state index contributed by atoms with van der Waals surface area (Å²) >= 11 is 0. The summed E-state index contributed by atoms with van der Waals surface area (Å²) in [4.78, 5) is 23.8. The monoisotopic (exact) mass is 291 g/mol. The van der Waals surface area contributed by atoms with Crippen molar-refractivity contribution in [2.24, 2.45) is 0 Å². The van der Waals surface area contributed by atoms with E-state index in [1.807, 2.05) is 0 Å². The summed E-state index contributed by atoms with van der Waals surface area (Å²) in [6.45, 7) is 2.85. The van der Waals surface area contributed by atoms with Gasteiger partial charge in [-0.25, -0.2) is 0 Å². The van der Waals surface area contributed by atoms with E-state index in [4.69, 9.17) is 9.47 Å². The molecule has 0 radical (unpaired) electrons. The van der Waals surface area contributed by atoms with Gasteiger partial charge >= 0.3 is 0 Å². The number of carbonyl (C=O) groups excluding carboxylic acids is 2. The summed E-state index contributed by atoms with van der Waals surface area (Å²) < 4.78 is 10.4. The van der Waals surface area contributed by atoms with E-state index < -0.39 is 11.7 Å². The van der Waals surface area contributed by atoms with Crippen molar-refractivity contribution in [1.82, 2.24) is 5.32 Å². The van der Waals surface area contributed by atoms with Crippen LogP contribution in [0.5, 0.6) is 11.5 Å². The highest BCUT2D eigenvalue weighted by Crippen LogP contribution is 2.32. The minimum atomic E-state index is -0.565. The van der Waals surface area contributed by atoms with Gasteiger partial charge in [0.2, 0.25) is 12.6 Å². The van der Waals surface area contributed by atoms with Gasteiger partial charge in [0.15, 0.2) is 11.5 Å². The van der Waals surface area contributed by atoms with Crippen LogP contribution in [0.1, 0.15) is 49.4 Å². The van der Waals surface area contributed by atoms with Crippen LogP contribution in [0, 0.1) is 0 Å². The van der Waals surface area contributed by atoms with Gasteiger partial charge in [0.05, 0.1) is 0 Å². The van der Waals surface area contributed by atoms with Gasteiger partial charge < -0.3 is 14.8 Å². The van der Waals surface area contributed by atoms with Crippen LogP contribution in [0.25, 0.3) is 0 Å². The zero-order valence-electron chi connectivity index (χ0n) is 12.3. The molecule has 1 N–H and O–H groups in total. The maximum Gasteiger partial charge on any atom is 0.292 e. The molecular weight excluding hydrogens is 270 g/mol. The Kier molecular flexibility index (Phi) is 5.60. The summed E-state index contributed by atoms with van der Waals surface area (Å²) in [5.74, 6) is 0.00214. The maximum absolute atomic E-state index is 12.0. The standard InChI is InChI=1S/C16H21NO4/c1-2-3-4-5-6-9-17-16(19)15(18)12-7-8-13-14(10-12)21-11-20-13/h7-8,10H,2-6,9,11H2,1H3,(H,17,19). The van der Waals surface area contributed by atoms with Crippen LogP contribution in [0.4, 0.5) is 0 Å². The zero-order chi connectivity index (χ0) is 15.1. The van der Waals surface area contributed by atoms with Gasteiger partial charge in [-0.05, 0) is 24.6 Å². The Morgan fingerprint density at radius 1 is 1.10 bits per heavy atom. The van der Waals surface area contributed by atoms with Crippen LogP contribution in [-0.4, -0.2) is 25.0 Å². The van der Waals surface area contributed by atoms with E-state index in [1.165, 1.54) is 19.3 Å². The summed E-state index contributed by atoms with van der Waals surface area (Å²) in [6, 6.07) is 4.77. The number of unbranched alkanes of at least 4 members (excludes halogenated alkanes) is 4. The molecule has 1 heterocycles. The lowest BCUT2D eigenvalue weighted by Crippen LogP contribution is -2.31. The van der Waals surface area contributed by atoms with E-state index >= 15 is 0 Å². The number of fused-ring (bicyclic) bond motifs is 1. The lowest BCUT2D eigenvalue weighted by molar-refractivity contribution is -0.117. The van der Waals surface area contributed by atoms with Crippen LogP contribution < -0.4 is 14.8 Å². The molecule has 5 nitrogen and oxygen atoms in total. The predicted molar refractivity (Wildman–Crippen MR) is 78.7 cm³/mol. The molecule has 0 aromatic heterocycles. The second kappa shape index (κ2) is 7.67. The fourth-order valence-corrected chi connectivity index (χ4v) is 2.18. The van der Waals surface area contributed by atoms with E-state index in [2.05, 4.69) is 12.2 Å². The zero-order valence-corrected chi connectivity index (χ0v) is 12.3. The van der Waals surface area contributed by atoms with Gasteiger partial charge in [0.25, 0.3) is 5.91 Å². The highest BCUT2D eigenvalue weighted by molar-refractivity contribution is 6.42. The average Bonchev–Trinajstić information content (AvgIpc) is 2.97. The topological polar surface area (TPSA) is 64.6 Å². The average molecular weight is 291 g/mol. The van der Waals surface area contributed by atoms with E-state index in [-0.39, 0.29) is 6.79 Å². The molecule has 0 aliphatic carbocycles. The van der Waals surface area contributed by atoms with Gasteiger partial charge in [-0.1, -0.05) is 32.6 Å². The van der Waals surface area contributed by atoms with Crippen LogP contribution in [0.3, 0.4) is 0 Å². The minimum absolute atomic E-state index is 0.150. The molecule has 0 atom stereocenters. The molecule has 0 saturated carbocycles. The number of hydrogen-bond acceptors (Lipinski definition) is 4. The third kappa shape index (κ3) is 4.21. The molecule has 21 heavy (non-hydrogen) atoms. The number of amides is 1. The Morgan fingerprint density at radius 2 is 1.86 bits per heavy atom. The van der Waals surface area contributed by atoms with Crippen LogP contribution in [0.2, 0.25) is 0 Å². The highest BCUT2D eigenvalue weighted by Gasteiger charge is 2.20. The third-order valence-corrected chi connectivity index (χ3v) is 3.41. The second-order valence-corrected chi connectivity index (χ2v) is 5.07. The van der Waals surface area contributed by atoms with Gasteiger partial charge in [0.1, 0.15) is 0 Å². The number of benzene rings is 1. The van der Waals surface area contributed by atoms with Crippen molar-refractivity contribution >= 4 is 11.7 Å². The van der Waals surface area contributed by atoms with Crippen LogP contribution in [-0.2, 0) is 4.79 Å². The van der Waals surface area contributed by atoms with Crippen molar-refractivity contribution in [3.8, 4) is 11.5 Å². The Balaban J connectivity index is 1.78. The first-order valence-electron chi connectivity index (χ1n) is 7.44. The Hall–Kier alpha value is -2.04. The second-order valence-electron chi connectivity index (χ2n) is 5.07. The summed E-state index contributed by atoms with van der Waals surface area (Å²) in [5.41, 5.74) is 0.322. The van der Waals surface area contributed by atoms with E-state index in [0.29, 0.717) is 23.6 Å². The molecule has 1 aliphatic heterocycles. The summed E-state index contributed by atoms with van der Waals surface area (Å²) in [6.07, 6.45) is 5.55. The first kappa shape index (κ1) is 15.4. The molecule has 0 fully saturated rings. The highest BCUT2D eigenvalue weighted by atomic mass is 16.7. The number of ketones is 1. The fraction of sp³-hybridized carbons (Fsp3) is 0.500. The van der Waals surface area contributed by atoms with E-state index in [1.54, 1.807) is 18.2 Å². The van der Waals surface area contributed by atoms with Crippen molar-refractivity contribution in [2.45, 2.75) is 39.0 Å². The Bertz CT molecular complexity index is 513. The number of hydrogen-bond donors (Lipinski definition) is 1. The Morgan fingerprint density at radius 3 is 2.67 bits per heavy atom. The molecule has 0 spiro atoms. The number of carbonyl (C=O) groups is 2.